The highest BCUT2D eigenvalue weighted by Gasteiger charge is 2.09. The molecule has 1 aromatic rings. The highest BCUT2D eigenvalue weighted by Crippen LogP contribution is 1.75. The third-order valence-corrected chi connectivity index (χ3v) is 1.23. The average molecular weight is 204 g/mol. The quantitative estimate of drug-likeness (QED) is 0.584. The first kappa shape index (κ1) is 10.1. The van der Waals surface area contributed by atoms with Gasteiger partial charge in [0.2, 0.25) is 0 Å². The van der Waals surface area contributed by atoms with Gasteiger partial charge in [0.25, 0.3) is 5.56 Å². The molecule has 0 spiro atoms. The number of hydrogen-bond acceptors (Lipinski definition) is 5. The molecule has 1 N–H and O–H groups in total. The standard InChI is InChI=1S/C6H5FN2O5/c7-8-2-1-4(11)9(6(8)13)14-5(12)3-10/h1-2,10H,3H2. The lowest BCUT2D eigenvalue weighted by molar-refractivity contribution is -0.148. The van der Waals surface area contributed by atoms with E-state index in [9.17, 15) is 18.9 Å². The summed E-state index contributed by atoms with van der Waals surface area (Å²) >= 11 is 0. The molecule has 0 saturated heterocycles. The van der Waals surface area contributed by atoms with Gasteiger partial charge in [-0.25, -0.2) is 9.59 Å². The Hall–Kier alpha value is -1.96. The number of aromatic nitrogens is 2. The third-order valence-electron chi connectivity index (χ3n) is 1.23. The molecule has 1 heterocycles. The number of rotatable bonds is 2. The monoisotopic (exact) mass is 204 g/mol. The molecule has 0 saturated carbocycles. The van der Waals surface area contributed by atoms with E-state index < -0.39 is 28.6 Å². The molecule has 0 aliphatic rings. The maximum atomic E-state index is 12.5. The van der Waals surface area contributed by atoms with Crippen molar-refractivity contribution < 1.29 is 19.2 Å². The van der Waals surface area contributed by atoms with Crippen LogP contribution < -0.4 is 16.1 Å². The Balaban J connectivity index is 3.20. The Bertz CT molecular complexity index is 462. The van der Waals surface area contributed by atoms with E-state index in [4.69, 9.17) is 5.11 Å². The number of aliphatic hydroxyl groups is 1. The van der Waals surface area contributed by atoms with Crippen LogP contribution in [0.1, 0.15) is 0 Å². The molecular formula is C6H5FN2O5. The van der Waals surface area contributed by atoms with Crippen LogP contribution in [-0.4, -0.2) is 27.2 Å². The van der Waals surface area contributed by atoms with Crippen LogP contribution in [0.4, 0.5) is 4.48 Å². The summed E-state index contributed by atoms with van der Waals surface area (Å²) in [5.41, 5.74) is -2.47. The molecule has 7 nitrogen and oxygen atoms in total. The first-order chi connectivity index (χ1) is 6.56. The van der Waals surface area contributed by atoms with E-state index in [1.165, 1.54) is 0 Å². The highest BCUT2D eigenvalue weighted by atomic mass is 19.2. The molecule has 0 unspecified atom stereocenters. The maximum absolute atomic E-state index is 12.5. The van der Waals surface area contributed by atoms with E-state index in [0.717, 1.165) is 0 Å². The van der Waals surface area contributed by atoms with Gasteiger partial charge in [0.1, 0.15) is 6.61 Å². The molecule has 0 amide bonds. The first-order valence-corrected chi connectivity index (χ1v) is 3.39. The van der Waals surface area contributed by atoms with Crippen LogP contribution in [0.5, 0.6) is 0 Å². The van der Waals surface area contributed by atoms with Crippen LogP contribution in [-0.2, 0) is 4.79 Å². The fourth-order valence-corrected chi connectivity index (χ4v) is 0.656. The second kappa shape index (κ2) is 3.83. The van der Waals surface area contributed by atoms with Crippen molar-refractivity contribution in [2.24, 2.45) is 0 Å². The predicted octanol–water partition coefficient (Wildman–Crippen LogP) is -2.31. The second-order valence-corrected chi connectivity index (χ2v) is 2.16. The zero-order chi connectivity index (χ0) is 10.7. The van der Waals surface area contributed by atoms with E-state index in [2.05, 4.69) is 4.84 Å². The van der Waals surface area contributed by atoms with E-state index in [0.29, 0.717) is 12.3 Å². The summed E-state index contributed by atoms with van der Waals surface area (Å²) in [6.45, 7) is -1.02. The SMILES string of the molecule is O=C(CO)On1c(=O)ccn(F)c1=O. The van der Waals surface area contributed by atoms with Crippen molar-refractivity contribution in [2.45, 2.75) is 0 Å². The molecule has 0 radical (unpaired) electrons. The fourth-order valence-electron chi connectivity index (χ4n) is 0.656. The lowest BCUT2D eigenvalue weighted by Gasteiger charge is -2.02. The lowest BCUT2D eigenvalue weighted by atomic mass is 10.7. The van der Waals surface area contributed by atoms with Gasteiger partial charge in [-0.1, -0.05) is 9.21 Å². The minimum absolute atomic E-state index is 0.0987. The zero-order valence-electron chi connectivity index (χ0n) is 6.71. The Labute approximate surface area is 75.5 Å². The summed E-state index contributed by atoms with van der Waals surface area (Å²) in [6, 6.07) is 0.687. The van der Waals surface area contributed by atoms with Crippen molar-refractivity contribution in [1.82, 2.24) is 9.52 Å². The summed E-state index contributed by atoms with van der Waals surface area (Å²) in [4.78, 5) is 35.8. The van der Waals surface area contributed by atoms with Gasteiger partial charge in [0.15, 0.2) is 0 Å². The molecule has 1 rings (SSSR count). The molecule has 14 heavy (non-hydrogen) atoms. The number of aliphatic hydroxyl groups excluding tert-OH is 1. The van der Waals surface area contributed by atoms with Crippen LogP contribution in [0.25, 0.3) is 0 Å². The maximum Gasteiger partial charge on any atom is 0.393 e. The van der Waals surface area contributed by atoms with Gasteiger partial charge in [-0.3, -0.25) is 4.79 Å². The first-order valence-electron chi connectivity index (χ1n) is 3.39. The Morgan fingerprint density at radius 2 is 2.21 bits per heavy atom. The number of hydrogen-bond donors (Lipinski definition) is 1. The Morgan fingerprint density at radius 1 is 1.57 bits per heavy atom. The molecule has 0 atom stereocenters. The normalized spacial score (nSPS) is 9.86. The number of halogens is 1. The number of carbonyl (C=O) groups excluding carboxylic acids is 1. The molecule has 0 aliphatic carbocycles. The van der Waals surface area contributed by atoms with Crippen LogP contribution in [0, 0.1) is 0 Å². The van der Waals surface area contributed by atoms with Crippen molar-refractivity contribution in [2.75, 3.05) is 6.61 Å². The molecule has 76 valence electrons. The highest BCUT2D eigenvalue weighted by molar-refractivity contribution is 5.70. The van der Waals surface area contributed by atoms with Gasteiger partial charge in [-0.05, 0) is 0 Å². The largest absolute Gasteiger partial charge is 0.393 e. The van der Waals surface area contributed by atoms with Crippen LogP contribution in [0.3, 0.4) is 0 Å². The molecule has 0 bridgehead atoms. The lowest BCUT2D eigenvalue weighted by Crippen LogP contribution is -2.43. The minimum atomic E-state index is -1.46. The molecular weight excluding hydrogens is 199 g/mol. The minimum Gasteiger partial charge on any atom is -0.385 e. The zero-order valence-corrected chi connectivity index (χ0v) is 6.71. The van der Waals surface area contributed by atoms with Crippen molar-refractivity contribution in [3.8, 4) is 0 Å². The molecule has 8 heteroatoms. The predicted molar refractivity (Wildman–Crippen MR) is 40.1 cm³/mol. The topological polar surface area (TPSA) is 90.5 Å². The van der Waals surface area contributed by atoms with Crippen LogP contribution in [0.15, 0.2) is 21.9 Å². The second-order valence-electron chi connectivity index (χ2n) is 2.16. The summed E-state index contributed by atoms with van der Waals surface area (Å²) in [7, 11) is 0. The molecule has 1 aromatic heterocycles. The van der Waals surface area contributed by atoms with E-state index in [-0.39, 0.29) is 4.73 Å². The number of carbonyl (C=O) groups is 1. The molecule has 0 aromatic carbocycles. The summed E-state index contributed by atoms with van der Waals surface area (Å²) in [5.74, 6) is -1.24. The van der Waals surface area contributed by atoms with Gasteiger partial charge in [-0.2, -0.15) is 0 Å². The average Bonchev–Trinajstić information content (AvgIpc) is 2.18. The third kappa shape index (κ3) is 1.85. The fraction of sp³-hybridized carbons (Fsp3) is 0.167. The molecule has 0 aliphatic heterocycles. The van der Waals surface area contributed by atoms with Crippen LogP contribution >= 0.6 is 0 Å². The van der Waals surface area contributed by atoms with Crippen molar-refractivity contribution in [1.29, 1.82) is 0 Å². The van der Waals surface area contributed by atoms with Crippen molar-refractivity contribution in [3.63, 3.8) is 0 Å². The number of nitrogens with zero attached hydrogens (tertiary/aromatic N) is 2. The van der Waals surface area contributed by atoms with Gasteiger partial charge >= 0.3 is 11.7 Å². The van der Waals surface area contributed by atoms with E-state index >= 15 is 0 Å². The van der Waals surface area contributed by atoms with Crippen LogP contribution in [0.2, 0.25) is 0 Å². The summed E-state index contributed by atoms with van der Waals surface area (Å²) in [6.07, 6.45) is 0.577. The van der Waals surface area contributed by atoms with Crippen molar-refractivity contribution in [3.05, 3.63) is 33.1 Å². The van der Waals surface area contributed by atoms with Gasteiger partial charge < -0.3 is 9.94 Å². The molecule has 0 fully saturated rings. The summed E-state index contributed by atoms with van der Waals surface area (Å²) in [5, 5.41) is 8.25. The Morgan fingerprint density at radius 3 is 2.79 bits per heavy atom. The Kier molecular flexibility index (Phi) is 2.77. The smallest absolute Gasteiger partial charge is 0.385 e. The van der Waals surface area contributed by atoms with Crippen molar-refractivity contribution >= 4 is 5.97 Å². The van der Waals surface area contributed by atoms with E-state index in [1.807, 2.05) is 0 Å². The van der Waals surface area contributed by atoms with Gasteiger partial charge in [0, 0.05) is 12.3 Å². The van der Waals surface area contributed by atoms with Gasteiger partial charge in [0.05, 0.1) is 0 Å². The van der Waals surface area contributed by atoms with Gasteiger partial charge in [-0.15, -0.1) is 4.79 Å². The van der Waals surface area contributed by atoms with E-state index in [1.54, 1.807) is 0 Å². The summed E-state index contributed by atoms with van der Waals surface area (Å²) < 4.78 is 12.4.